The largest absolute Gasteiger partial charge is 0.369 e. The molecule has 2 aromatic carbocycles. The maximum atomic E-state index is 12.8. The summed E-state index contributed by atoms with van der Waals surface area (Å²) in [4.78, 5) is 34.9. The zero-order valence-electron chi connectivity index (χ0n) is 18.9. The van der Waals surface area contributed by atoms with Gasteiger partial charge in [0.05, 0.1) is 17.5 Å². The van der Waals surface area contributed by atoms with Crippen molar-refractivity contribution in [3.8, 4) is 6.07 Å². The van der Waals surface area contributed by atoms with Crippen LogP contribution in [0, 0.1) is 23.2 Å². The summed E-state index contributed by atoms with van der Waals surface area (Å²) in [5.41, 5.74) is 8.63. The summed E-state index contributed by atoms with van der Waals surface area (Å²) in [6, 6.07) is 18.6. The number of rotatable bonds is 7. The Morgan fingerprint density at radius 3 is 2.56 bits per heavy atom. The Bertz CT molecular complexity index is 1220. The fourth-order valence-corrected chi connectivity index (χ4v) is 4.42. The molecular weight excluding hydrogens is 428 g/mol. The number of anilines is 3. The number of para-hydroxylation sites is 1. The van der Waals surface area contributed by atoms with Crippen LogP contribution in [0.3, 0.4) is 0 Å². The molecule has 0 bridgehead atoms. The van der Waals surface area contributed by atoms with Crippen LogP contribution in [0.5, 0.6) is 0 Å². The summed E-state index contributed by atoms with van der Waals surface area (Å²) in [6.07, 6.45) is 4.61. The van der Waals surface area contributed by atoms with Crippen LogP contribution in [0.2, 0.25) is 0 Å². The second kappa shape index (κ2) is 10.1. The average Bonchev–Trinajstić information content (AvgIpc) is 3.33. The summed E-state index contributed by atoms with van der Waals surface area (Å²) >= 11 is 0. The molecule has 3 aromatic rings. The van der Waals surface area contributed by atoms with E-state index in [0.29, 0.717) is 34.9 Å². The van der Waals surface area contributed by atoms with Gasteiger partial charge in [0.1, 0.15) is 6.07 Å². The molecule has 0 aliphatic heterocycles. The number of nitriles is 1. The normalized spacial score (nSPS) is 17.1. The molecule has 0 radical (unpaired) electrons. The number of aromatic nitrogens is 2. The van der Waals surface area contributed by atoms with E-state index in [4.69, 9.17) is 5.73 Å². The quantitative estimate of drug-likeness (QED) is 0.559. The number of carbonyl (C=O) groups excluding carboxylic acids is 2. The standard InChI is InChI=1S/C26H26N6O2/c1-32(21-7-3-2-4-8-21)25(34)17-10-12-20(13-11-17)30-26-29-16-19(15-27)23(31-26)14-18-6-5-9-22(18)24(28)33/h2-4,7-8,10-13,16,18,22H,5-6,9,14H2,1H3,(H2,28,33)(H,29,30,31)/t18-,22-/m0/s1. The van der Waals surface area contributed by atoms with Crippen LogP contribution in [0.1, 0.15) is 40.9 Å². The lowest BCUT2D eigenvalue weighted by Gasteiger charge is -2.18. The van der Waals surface area contributed by atoms with Gasteiger partial charge in [-0.25, -0.2) is 9.97 Å². The maximum absolute atomic E-state index is 12.8. The van der Waals surface area contributed by atoms with Crippen LogP contribution in [-0.4, -0.2) is 28.8 Å². The number of primary amides is 1. The van der Waals surface area contributed by atoms with Gasteiger partial charge in [-0.1, -0.05) is 24.6 Å². The van der Waals surface area contributed by atoms with Crippen molar-refractivity contribution < 1.29 is 9.59 Å². The van der Waals surface area contributed by atoms with Gasteiger partial charge < -0.3 is 16.0 Å². The Hall–Kier alpha value is -4.25. The summed E-state index contributed by atoms with van der Waals surface area (Å²) in [5.74, 6) is -0.157. The molecule has 1 aliphatic rings. The summed E-state index contributed by atoms with van der Waals surface area (Å²) in [5, 5.41) is 12.6. The van der Waals surface area contributed by atoms with Gasteiger partial charge in [0.25, 0.3) is 5.91 Å². The summed E-state index contributed by atoms with van der Waals surface area (Å²) in [6.45, 7) is 0. The zero-order valence-corrected chi connectivity index (χ0v) is 18.9. The van der Waals surface area contributed by atoms with E-state index < -0.39 is 0 Å². The lowest BCUT2D eigenvalue weighted by molar-refractivity contribution is -0.122. The highest BCUT2D eigenvalue weighted by Gasteiger charge is 2.32. The number of hydrogen-bond donors (Lipinski definition) is 2. The van der Waals surface area contributed by atoms with Crippen LogP contribution in [-0.2, 0) is 11.2 Å². The minimum absolute atomic E-state index is 0.0826. The van der Waals surface area contributed by atoms with Crippen LogP contribution in [0.4, 0.5) is 17.3 Å². The molecule has 34 heavy (non-hydrogen) atoms. The van der Waals surface area contributed by atoms with E-state index >= 15 is 0 Å². The monoisotopic (exact) mass is 454 g/mol. The van der Waals surface area contributed by atoms with Gasteiger partial charge in [-0.3, -0.25) is 9.59 Å². The van der Waals surface area contributed by atoms with Crippen molar-refractivity contribution in [2.45, 2.75) is 25.7 Å². The molecule has 1 aliphatic carbocycles. The number of hydrogen-bond acceptors (Lipinski definition) is 6. The van der Waals surface area contributed by atoms with Crippen molar-refractivity contribution in [2.75, 3.05) is 17.3 Å². The van der Waals surface area contributed by atoms with Gasteiger partial charge in [0.2, 0.25) is 11.9 Å². The highest BCUT2D eigenvalue weighted by atomic mass is 16.2. The molecule has 0 unspecified atom stereocenters. The van der Waals surface area contributed by atoms with E-state index in [1.54, 1.807) is 36.2 Å². The molecule has 1 heterocycles. The number of carbonyl (C=O) groups is 2. The number of nitrogens with one attached hydrogen (secondary N) is 1. The average molecular weight is 455 g/mol. The SMILES string of the molecule is CN(C(=O)c1ccc(Nc2ncc(C#N)c(C[C@@H]3CCC[C@@H]3C(N)=O)n2)cc1)c1ccccc1. The predicted octanol–water partition coefficient (Wildman–Crippen LogP) is 3.81. The molecule has 1 saturated carbocycles. The van der Waals surface area contributed by atoms with Crippen LogP contribution in [0.15, 0.2) is 60.8 Å². The highest BCUT2D eigenvalue weighted by Crippen LogP contribution is 2.34. The smallest absolute Gasteiger partial charge is 0.258 e. The Labute approximate surface area is 198 Å². The summed E-state index contributed by atoms with van der Waals surface area (Å²) in [7, 11) is 1.74. The highest BCUT2D eigenvalue weighted by molar-refractivity contribution is 6.05. The third-order valence-corrected chi connectivity index (χ3v) is 6.30. The zero-order chi connectivity index (χ0) is 24.1. The second-order valence-electron chi connectivity index (χ2n) is 8.47. The molecule has 1 fully saturated rings. The molecule has 172 valence electrons. The van der Waals surface area contributed by atoms with Gasteiger partial charge in [-0.15, -0.1) is 0 Å². The van der Waals surface area contributed by atoms with E-state index in [0.717, 1.165) is 24.9 Å². The number of nitrogens with zero attached hydrogens (tertiary/aromatic N) is 4. The number of amides is 2. The van der Waals surface area contributed by atoms with E-state index in [1.165, 1.54) is 6.20 Å². The molecule has 0 spiro atoms. The van der Waals surface area contributed by atoms with E-state index in [-0.39, 0.29) is 23.7 Å². The Morgan fingerprint density at radius 2 is 1.88 bits per heavy atom. The van der Waals surface area contributed by atoms with Gasteiger partial charge in [0.15, 0.2) is 0 Å². The Kier molecular flexibility index (Phi) is 6.83. The van der Waals surface area contributed by atoms with Gasteiger partial charge in [-0.2, -0.15) is 5.26 Å². The number of nitrogens with two attached hydrogens (primary N) is 1. The molecule has 4 rings (SSSR count). The molecule has 2 amide bonds. The second-order valence-corrected chi connectivity index (χ2v) is 8.47. The van der Waals surface area contributed by atoms with Crippen molar-refractivity contribution >= 4 is 29.1 Å². The van der Waals surface area contributed by atoms with Crippen molar-refractivity contribution in [1.82, 2.24) is 9.97 Å². The first kappa shape index (κ1) is 22.9. The minimum Gasteiger partial charge on any atom is -0.369 e. The minimum atomic E-state index is -0.291. The molecule has 8 heteroatoms. The van der Waals surface area contributed by atoms with Crippen molar-refractivity contribution in [3.05, 3.63) is 77.6 Å². The number of benzene rings is 2. The van der Waals surface area contributed by atoms with Crippen molar-refractivity contribution in [3.63, 3.8) is 0 Å². The summed E-state index contributed by atoms with van der Waals surface area (Å²) < 4.78 is 0. The van der Waals surface area contributed by atoms with Crippen LogP contribution in [0.25, 0.3) is 0 Å². The van der Waals surface area contributed by atoms with Crippen molar-refractivity contribution in [1.29, 1.82) is 5.26 Å². The fourth-order valence-electron chi connectivity index (χ4n) is 4.42. The molecule has 0 saturated heterocycles. The Balaban J connectivity index is 1.47. The molecule has 3 N–H and O–H groups in total. The van der Waals surface area contributed by atoms with Crippen LogP contribution < -0.4 is 16.0 Å². The Morgan fingerprint density at radius 1 is 1.15 bits per heavy atom. The third kappa shape index (κ3) is 5.04. The van der Waals surface area contributed by atoms with Crippen LogP contribution >= 0.6 is 0 Å². The molecule has 8 nitrogen and oxygen atoms in total. The molecule has 1 aromatic heterocycles. The van der Waals surface area contributed by atoms with Gasteiger partial charge in [-0.05, 0) is 61.6 Å². The predicted molar refractivity (Wildman–Crippen MR) is 129 cm³/mol. The van der Waals surface area contributed by atoms with Crippen molar-refractivity contribution in [2.24, 2.45) is 17.6 Å². The third-order valence-electron chi connectivity index (χ3n) is 6.30. The topological polar surface area (TPSA) is 125 Å². The van der Waals surface area contributed by atoms with Gasteiger partial charge in [0, 0.05) is 29.9 Å². The van der Waals surface area contributed by atoms with E-state index in [2.05, 4.69) is 21.4 Å². The van der Waals surface area contributed by atoms with E-state index in [9.17, 15) is 14.9 Å². The fraction of sp³-hybridized carbons (Fsp3) is 0.269. The molecular formula is C26H26N6O2. The lowest BCUT2D eigenvalue weighted by Crippen LogP contribution is -2.27. The first-order chi connectivity index (χ1) is 16.5. The first-order valence-corrected chi connectivity index (χ1v) is 11.2. The maximum Gasteiger partial charge on any atom is 0.258 e. The first-order valence-electron chi connectivity index (χ1n) is 11.2. The van der Waals surface area contributed by atoms with Gasteiger partial charge >= 0.3 is 0 Å². The van der Waals surface area contributed by atoms with E-state index in [1.807, 2.05) is 30.3 Å². The lowest BCUT2D eigenvalue weighted by atomic mass is 9.90. The molecule has 2 atom stereocenters.